The van der Waals surface area contributed by atoms with Gasteiger partial charge in [-0.25, -0.2) is 0 Å². The summed E-state index contributed by atoms with van der Waals surface area (Å²) < 4.78 is 0. The Bertz CT molecular complexity index is 2090. The SMILES string of the molecule is CCCCCCCCCCCC1CC(=O)NC(CC(=O)O)C(=O)NC(Cc2ccc(O)cc2)C(=O)NC(CC(N)=O)C(=O)N2CCCC2C(=O)NC(CCC(N)=O)C(=O)NC(CO)C(=O)NC(C(C)O)C(=O)N1. The monoisotopic (exact) mass is 1030 g/mol. The number of nitrogens with two attached hydrogens (primary N) is 2. The van der Waals surface area contributed by atoms with Crippen LogP contribution in [0.3, 0.4) is 0 Å². The van der Waals surface area contributed by atoms with Crippen LogP contribution in [0.2, 0.25) is 0 Å². The van der Waals surface area contributed by atoms with Gasteiger partial charge in [-0.1, -0.05) is 76.8 Å². The van der Waals surface area contributed by atoms with Gasteiger partial charge < -0.3 is 74.0 Å². The van der Waals surface area contributed by atoms with Crippen molar-refractivity contribution in [2.75, 3.05) is 13.2 Å². The first kappa shape index (κ1) is 60.4. The molecule has 0 spiro atoms. The largest absolute Gasteiger partial charge is 0.508 e. The maximum Gasteiger partial charge on any atom is 0.305 e. The van der Waals surface area contributed by atoms with Crippen molar-refractivity contribution in [3.63, 3.8) is 0 Å². The van der Waals surface area contributed by atoms with E-state index >= 15 is 0 Å². The van der Waals surface area contributed by atoms with Gasteiger partial charge in [-0.05, 0) is 50.3 Å². The first-order chi connectivity index (χ1) is 34.6. The first-order valence-electron chi connectivity index (χ1n) is 24.9. The van der Waals surface area contributed by atoms with Gasteiger partial charge in [-0.15, -0.1) is 0 Å². The van der Waals surface area contributed by atoms with E-state index in [9.17, 15) is 73.2 Å². The molecule has 9 unspecified atom stereocenters. The lowest BCUT2D eigenvalue weighted by Gasteiger charge is -2.30. The number of fused-ring (bicyclic) bond motifs is 1. The summed E-state index contributed by atoms with van der Waals surface area (Å²) in [5, 5.41) is 57.6. The quantitative estimate of drug-likeness (QED) is 0.0573. The van der Waals surface area contributed by atoms with Crippen LogP contribution in [0.5, 0.6) is 5.75 Å². The molecule has 73 heavy (non-hydrogen) atoms. The summed E-state index contributed by atoms with van der Waals surface area (Å²) in [6, 6.07) is -7.43. The lowest BCUT2D eigenvalue weighted by molar-refractivity contribution is -0.143. The van der Waals surface area contributed by atoms with Crippen LogP contribution in [0, 0.1) is 0 Å². The van der Waals surface area contributed by atoms with Crippen molar-refractivity contribution in [2.24, 2.45) is 11.5 Å². The number of primary amides is 2. The Hall–Kier alpha value is -6.89. The number of carbonyl (C=O) groups excluding carboxylic acids is 10. The maximum absolute atomic E-state index is 14.3. The minimum absolute atomic E-state index is 0.000289. The molecule has 3 rings (SSSR count). The van der Waals surface area contributed by atoms with Crippen LogP contribution in [0.15, 0.2) is 24.3 Å². The van der Waals surface area contributed by atoms with E-state index in [2.05, 4.69) is 44.1 Å². The number of carboxylic acid groups (broad SMARTS) is 1. The third kappa shape index (κ3) is 21.0. The number of phenols is 1. The molecule has 1 aromatic rings. The predicted octanol–water partition coefficient (Wildman–Crippen LogP) is -2.37. The van der Waals surface area contributed by atoms with Gasteiger partial charge in [0.2, 0.25) is 59.1 Å². The number of nitrogens with one attached hydrogen (secondary N) is 7. The number of aromatic hydroxyl groups is 1. The molecule has 2 aliphatic heterocycles. The third-order valence-corrected chi connectivity index (χ3v) is 12.5. The highest BCUT2D eigenvalue weighted by Crippen LogP contribution is 2.21. The molecule has 0 aliphatic carbocycles. The summed E-state index contributed by atoms with van der Waals surface area (Å²) in [6.07, 6.45) is 3.56. The lowest BCUT2D eigenvalue weighted by atomic mass is 10.0. The van der Waals surface area contributed by atoms with E-state index in [4.69, 9.17) is 11.5 Å². The second-order valence-electron chi connectivity index (χ2n) is 18.6. The number of carbonyl (C=O) groups is 11. The van der Waals surface area contributed by atoms with Crippen LogP contribution in [-0.4, -0.2) is 158 Å². The number of hydrogen-bond acceptors (Lipinski definition) is 14. The summed E-state index contributed by atoms with van der Waals surface area (Å²) in [5.74, 6) is -12.0. The van der Waals surface area contributed by atoms with Gasteiger partial charge in [0.05, 0.1) is 25.6 Å². The van der Waals surface area contributed by atoms with Crippen molar-refractivity contribution in [3.05, 3.63) is 29.8 Å². The van der Waals surface area contributed by atoms with Crippen molar-refractivity contribution in [1.82, 2.24) is 42.1 Å². The Labute approximate surface area is 423 Å². The molecule has 0 aromatic heterocycles. The van der Waals surface area contributed by atoms with E-state index in [1.54, 1.807) is 0 Å². The van der Waals surface area contributed by atoms with Crippen molar-refractivity contribution < 1.29 is 73.2 Å². The van der Waals surface area contributed by atoms with Gasteiger partial charge in [0.25, 0.3) is 0 Å². The molecule has 2 heterocycles. The van der Waals surface area contributed by atoms with Crippen LogP contribution in [0.25, 0.3) is 0 Å². The molecule has 2 fully saturated rings. The second-order valence-corrected chi connectivity index (χ2v) is 18.6. The Morgan fingerprint density at radius 3 is 1.81 bits per heavy atom. The van der Waals surface area contributed by atoms with Gasteiger partial charge in [-0.2, -0.15) is 0 Å². The average molecular weight is 1030 g/mol. The van der Waals surface area contributed by atoms with Crippen molar-refractivity contribution in [2.45, 2.75) is 184 Å². The first-order valence-corrected chi connectivity index (χ1v) is 24.9. The Morgan fingerprint density at radius 2 is 1.22 bits per heavy atom. The molecular formula is C48H74N10O15. The molecule has 0 radical (unpaired) electrons. The van der Waals surface area contributed by atoms with Crippen LogP contribution in [0.4, 0.5) is 0 Å². The number of carboxylic acids is 1. The zero-order valence-electron chi connectivity index (χ0n) is 41.5. The van der Waals surface area contributed by atoms with E-state index in [1.165, 1.54) is 31.2 Å². The predicted molar refractivity (Wildman–Crippen MR) is 260 cm³/mol. The van der Waals surface area contributed by atoms with Crippen LogP contribution in [0.1, 0.15) is 129 Å². The fourth-order valence-corrected chi connectivity index (χ4v) is 8.55. The number of phenolic OH excluding ortho intramolecular Hbond substituents is 1. The topological polar surface area (TPSA) is 408 Å². The number of aliphatic hydroxyl groups excluding tert-OH is 2. The highest BCUT2D eigenvalue weighted by atomic mass is 16.4. The molecule has 1 aromatic carbocycles. The van der Waals surface area contributed by atoms with E-state index in [0.717, 1.165) is 49.8 Å². The number of aliphatic carboxylic acids is 1. The van der Waals surface area contributed by atoms with Gasteiger partial charge >= 0.3 is 5.97 Å². The lowest BCUT2D eigenvalue weighted by Crippen LogP contribution is -2.61. The molecule has 0 saturated carbocycles. The van der Waals surface area contributed by atoms with Crippen molar-refractivity contribution in [3.8, 4) is 5.75 Å². The average Bonchev–Trinajstić information content (AvgIpc) is 3.82. The summed E-state index contributed by atoms with van der Waals surface area (Å²) in [5.41, 5.74) is 11.2. The third-order valence-electron chi connectivity index (χ3n) is 12.5. The van der Waals surface area contributed by atoms with E-state index in [0.29, 0.717) is 18.4 Å². The number of unbranched alkanes of at least 4 members (excludes halogenated alkanes) is 8. The van der Waals surface area contributed by atoms with E-state index in [-0.39, 0.29) is 38.0 Å². The Balaban J connectivity index is 2.12. The van der Waals surface area contributed by atoms with E-state index in [1.807, 2.05) is 0 Å². The van der Waals surface area contributed by atoms with Crippen molar-refractivity contribution in [1.29, 1.82) is 0 Å². The van der Waals surface area contributed by atoms with E-state index < -0.39 is 158 Å². The Morgan fingerprint density at radius 1 is 0.658 bits per heavy atom. The number of benzene rings is 1. The van der Waals surface area contributed by atoms with Gasteiger partial charge in [0, 0.05) is 31.8 Å². The fourth-order valence-electron chi connectivity index (χ4n) is 8.55. The van der Waals surface area contributed by atoms with Crippen LogP contribution < -0.4 is 48.7 Å². The second kappa shape index (κ2) is 30.9. The molecule has 9 atom stereocenters. The maximum atomic E-state index is 14.3. The summed E-state index contributed by atoms with van der Waals surface area (Å²) in [7, 11) is 0. The highest BCUT2D eigenvalue weighted by molar-refractivity contribution is 5.99. The number of rotatable bonds is 21. The molecule has 25 nitrogen and oxygen atoms in total. The standard InChI is InChI=1S/C48H74N10O15/c1-3-4-5-6-7-8-9-10-11-13-29-23-39(64)52-33(25-40(65)66)44(69)54-32(22-28-15-17-30(61)18-16-28)43(68)55-34(24-38(50)63)48(73)58-21-12-14-36(58)46(71)53-31(19-20-37(49)62)42(67)56-35(26-59)45(70)57-41(27(2)60)47(72)51-29/h15-18,27,29,31-36,41,59-61H,3-14,19-26H2,1-2H3,(H2,49,62)(H2,50,63)(H,51,72)(H,52,64)(H,53,71)(H,54,69)(H,55,68)(H,56,67)(H,57,70)(H,65,66). The normalized spacial score (nSPS) is 24.7. The van der Waals surface area contributed by atoms with Crippen molar-refractivity contribution >= 4 is 65.0 Å². The van der Waals surface area contributed by atoms with Crippen LogP contribution in [-0.2, 0) is 59.2 Å². The molecule has 15 N–H and O–H groups in total. The number of nitrogens with zero attached hydrogens (tertiary/aromatic N) is 1. The minimum atomic E-state index is -1.84. The van der Waals surface area contributed by atoms with Gasteiger partial charge in [0.15, 0.2) is 0 Å². The summed E-state index contributed by atoms with van der Waals surface area (Å²) in [6.45, 7) is 2.12. The zero-order chi connectivity index (χ0) is 54.2. The zero-order valence-corrected chi connectivity index (χ0v) is 41.5. The fraction of sp³-hybridized carbons (Fsp3) is 0.646. The molecule has 25 heteroatoms. The molecule has 406 valence electrons. The van der Waals surface area contributed by atoms with Crippen LogP contribution >= 0.6 is 0 Å². The molecular weight excluding hydrogens is 957 g/mol. The number of aliphatic hydroxyl groups is 2. The molecule has 10 amide bonds. The summed E-state index contributed by atoms with van der Waals surface area (Å²) >= 11 is 0. The van der Waals surface area contributed by atoms with Gasteiger partial charge in [-0.3, -0.25) is 52.7 Å². The van der Waals surface area contributed by atoms with Gasteiger partial charge in [0.1, 0.15) is 48.0 Å². The summed E-state index contributed by atoms with van der Waals surface area (Å²) in [4.78, 5) is 149. The number of amides is 10. The Kier molecular flexibility index (Phi) is 25.5. The number of hydrogen-bond donors (Lipinski definition) is 13. The molecule has 0 bridgehead atoms. The smallest absolute Gasteiger partial charge is 0.305 e. The molecule has 2 saturated heterocycles. The highest BCUT2D eigenvalue weighted by Gasteiger charge is 2.41. The molecule has 2 aliphatic rings. The minimum Gasteiger partial charge on any atom is -0.508 e.